The molecule has 1 saturated heterocycles. The smallest absolute Gasteiger partial charge is 0.243 e. The molecule has 98 valence electrons. The molecule has 0 aliphatic carbocycles. The van der Waals surface area contributed by atoms with Crippen molar-refractivity contribution in [2.24, 2.45) is 0 Å². The summed E-state index contributed by atoms with van der Waals surface area (Å²) >= 11 is 3.33. The number of hydrogen-bond acceptors (Lipinski definition) is 4. The number of nitro groups is 1. The van der Waals surface area contributed by atoms with E-state index in [2.05, 4.69) is 15.9 Å². The van der Waals surface area contributed by atoms with Gasteiger partial charge in [0, 0.05) is 15.8 Å². The molecule has 1 aliphatic heterocycles. The second kappa shape index (κ2) is 4.95. The molecular weight excluding hydrogens is 302 g/mol. The Morgan fingerprint density at radius 1 is 1.50 bits per heavy atom. The van der Waals surface area contributed by atoms with Gasteiger partial charge in [-0.1, -0.05) is 28.1 Å². The highest BCUT2D eigenvalue weighted by Gasteiger charge is 2.44. The maximum absolute atomic E-state index is 11.1. The molecule has 0 bridgehead atoms. The highest BCUT2D eigenvalue weighted by Crippen LogP contribution is 2.36. The molecule has 1 heterocycles. The van der Waals surface area contributed by atoms with Crippen LogP contribution < -0.4 is 0 Å². The summed E-state index contributed by atoms with van der Waals surface area (Å²) in [4.78, 5) is 10.7. The fourth-order valence-corrected chi connectivity index (χ4v) is 2.51. The van der Waals surface area contributed by atoms with Gasteiger partial charge in [0.2, 0.25) is 6.04 Å². The number of nitrogens with zero attached hydrogens (tertiary/aromatic N) is 1. The molecule has 0 saturated carbocycles. The highest BCUT2D eigenvalue weighted by atomic mass is 79.9. The molecule has 1 aliphatic rings. The fraction of sp³-hybridized carbons (Fsp3) is 0.500. The van der Waals surface area contributed by atoms with E-state index in [1.807, 2.05) is 24.3 Å². The van der Waals surface area contributed by atoms with Crippen molar-refractivity contribution in [3.63, 3.8) is 0 Å². The quantitative estimate of drug-likeness (QED) is 0.671. The topological polar surface area (TPSA) is 72.6 Å². The van der Waals surface area contributed by atoms with Crippen LogP contribution in [0.15, 0.2) is 28.7 Å². The first-order valence-electron chi connectivity index (χ1n) is 5.64. The molecule has 1 aromatic rings. The number of rotatable bonds is 2. The van der Waals surface area contributed by atoms with Gasteiger partial charge in [-0.25, -0.2) is 0 Å². The minimum absolute atomic E-state index is 0.0687. The lowest BCUT2D eigenvalue weighted by Gasteiger charge is -2.35. The van der Waals surface area contributed by atoms with Crippen LogP contribution in [0.3, 0.4) is 0 Å². The summed E-state index contributed by atoms with van der Waals surface area (Å²) in [5.41, 5.74) is 0.850. The number of halogens is 1. The Labute approximate surface area is 113 Å². The maximum atomic E-state index is 11.1. The molecule has 0 aromatic heterocycles. The lowest BCUT2D eigenvalue weighted by atomic mass is 9.84. The van der Waals surface area contributed by atoms with Gasteiger partial charge in [-0.3, -0.25) is 10.1 Å². The highest BCUT2D eigenvalue weighted by molar-refractivity contribution is 9.10. The molecule has 0 radical (unpaired) electrons. The Kier molecular flexibility index (Phi) is 3.70. The number of benzene rings is 1. The van der Waals surface area contributed by atoms with Crippen LogP contribution in [0.2, 0.25) is 0 Å². The van der Waals surface area contributed by atoms with E-state index in [1.54, 1.807) is 0 Å². The van der Waals surface area contributed by atoms with Crippen molar-refractivity contribution < 1.29 is 14.8 Å². The fourth-order valence-electron chi connectivity index (χ4n) is 2.24. The zero-order chi connectivity index (χ0) is 13.3. The summed E-state index contributed by atoms with van der Waals surface area (Å²) < 4.78 is 6.04. The van der Waals surface area contributed by atoms with Crippen LogP contribution in [0.1, 0.15) is 24.8 Å². The van der Waals surface area contributed by atoms with Crippen molar-refractivity contribution in [3.8, 4) is 0 Å². The van der Waals surface area contributed by atoms with Gasteiger partial charge in [0.1, 0.15) is 6.61 Å². The van der Waals surface area contributed by atoms with Gasteiger partial charge in [0.05, 0.1) is 5.92 Å². The average Bonchev–Trinajstić information content (AvgIpc) is 2.28. The Hall–Kier alpha value is -0.980. The van der Waals surface area contributed by atoms with Crippen LogP contribution in [0, 0.1) is 10.1 Å². The molecular formula is C12H14BrNO4. The Bertz CT molecular complexity index is 446. The van der Waals surface area contributed by atoms with E-state index >= 15 is 0 Å². The predicted molar refractivity (Wildman–Crippen MR) is 68.9 cm³/mol. The summed E-state index contributed by atoms with van der Waals surface area (Å²) in [7, 11) is 0. The van der Waals surface area contributed by atoms with Gasteiger partial charge in [0.15, 0.2) is 5.79 Å². The van der Waals surface area contributed by atoms with E-state index in [1.165, 1.54) is 6.92 Å². The van der Waals surface area contributed by atoms with Gasteiger partial charge in [0.25, 0.3) is 0 Å². The van der Waals surface area contributed by atoms with E-state index in [4.69, 9.17) is 4.74 Å². The molecule has 1 aromatic carbocycles. The van der Waals surface area contributed by atoms with Gasteiger partial charge >= 0.3 is 0 Å². The van der Waals surface area contributed by atoms with Crippen molar-refractivity contribution in [1.82, 2.24) is 0 Å². The van der Waals surface area contributed by atoms with Crippen LogP contribution in [0.4, 0.5) is 0 Å². The Morgan fingerprint density at radius 2 is 2.11 bits per heavy atom. The van der Waals surface area contributed by atoms with E-state index in [0.717, 1.165) is 10.0 Å². The van der Waals surface area contributed by atoms with Crippen molar-refractivity contribution in [2.75, 3.05) is 6.61 Å². The molecule has 3 atom stereocenters. The zero-order valence-corrected chi connectivity index (χ0v) is 11.5. The molecule has 5 nitrogen and oxygen atoms in total. The first kappa shape index (κ1) is 13.5. The van der Waals surface area contributed by atoms with E-state index in [9.17, 15) is 15.2 Å². The van der Waals surface area contributed by atoms with Crippen molar-refractivity contribution in [1.29, 1.82) is 0 Å². The zero-order valence-electron chi connectivity index (χ0n) is 9.88. The Morgan fingerprint density at radius 3 is 2.67 bits per heavy atom. The molecule has 1 N–H and O–H groups in total. The maximum Gasteiger partial charge on any atom is 0.243 e. The van der Waals surface area contributed by atoms with Crippen LogP contribution in [-0.4, -0.2) is 28.5 Å². The van der Waals surface area contributed by atoms with Crippen LogP contribution >= 0.6 is 15.9 Å². The second-order valence-corrected chi connectivity index (χ2v) is 5.62. The van der Waals surface area contributed by atoms with Gasteiger partial charge in [-0.15, -0.1) is 0 Å². The summed E-state index contributed by atoms with van der Waals surface area (Å²) in [5, 5.41) is 21.0. The van der Waals surface area contributed by atoms with Gasteiger partial charge in [-0.2, -0.15) is 0 Å². The molecule has 2 rings (SSSR count). The second-order valence-electron chi connectivity index (χ2n) is 4.70. The predicted octanol–water partition coefficient (Wildman–Crippen LogP) is 2.31. The standard InChI is InChI=1S/C12H14BrNO4/c1-12(15)6-10(11(7-18-12)14(16)17)8-2-4-9(13)5-3-8/h2-5,10-11,15H,6-7H2,1H3/t10-,11+,12-/m1/s1. The lowest BCUT2D eigenvalue weighted by Crippen LogP contribution is -2.46. The molecule has 0 unspecified atom stereocenters. The summed E-state index contributed by atoms with van der Waals surface area (Å²) in [5.74, 6) is -1.64. The van der Waals surface area contributed by atoms with E-state index in [-0.39, 0.29) is 23.9 Å². The molecule has 0 spiro atoms. The monoisotopic (exact) mass is 315 g/mol. The first-order chi connectivity index (χ1) is 8.39. The largest absolute Gasteiger partial charge is 0.366 e. The third-order valence-corrected chi connectivity index (χ3v) is 3.73. The van der Waals surface area contributed by atoms with Crippen LogP contribution in [-0.2, 0) is 4.74 Å². The Balaban J connectivity index is 2.30. The lowest BCUT2D eigenvalue weighted by molar-refractivity contribution is -0.542. The van der Waals surface area contributed by atoms with Crippen LogP contribution in [0.25, 0.3) is 0 Å². The third kappa shape index (κ3) is 2.88. The summed E-state index contributed by atoms with van der Waals surface area (Å²) in [6.07, 6.45) is 0.222. The summed E-state index contributed by atoms with van der Waals surface area (Å²) in [6.45, 7) is 1.47. The third-order valence-electron chi connectivity index (χ3n) is 3.20. The SMILES string of the molecule is C[C@]1(O)C[C@H](c2ccc(Br)cc2)[C@@H]([N+](=O)[O-])CO1. The average molecular weight is 316 g/mol. The van der Waals surface area contributed by atoms with Crippen LogP contribution in [0.5, 0.6) is 0 Å². The molecule has 0 amide bonds. The van der Waals surface area contributed by atoms with Crippen molar-refractivity contribution >= 4 is 15.9 Å². The number of aliphatic hydroxyl groups is 1. The van der Waals surface area contributed by atoms with Crippen molar-refractivity contribution in [2.45, 2.75) is 31.1 Å². The van der Waals surface area contributed by atoms with Gasteiger partial charge < -0.3 is 9.84 Å². The molecule has 6 heteroatoms. The minimum atomic E-state index is -1.30. The summed E-state index contributed by atoms with van der Waals surface area (Å²) in [6, 6.07) is 6.55. The first-order valence-corrected chi connectivity index (χ1v) is 6.44. The van der Waals surface area contributed by atoms with Gasteiger partial charge in [-0.05, 0) is 24.6 Å². The normalized spacial score (nSPS) is 32.2. The minimum Gasteiger partial charge on any atom is -0.366 e. The van der Waals surface area contributed by atoms with E-state index < -0.39 is 11.8 Å². The van der Waals surface area contributed by atoms with Crippen molar-refractivity contribution in [3.05, 3.63) is 44.4 Å². The number of ether oxygens (including phenoxy) is 1. The molecule has 18 heavy (non-hydrogen) atoms. The molecule has 1 fully saturated rings. The van der Waals surface area contributed by atoms with E-state index in [0.29, 0.717) is 0 Å². The number of hydrogen-bond donors (Lipinski definition) is 1.